The van der Waals surface area contributed by atoms with E-state index >= 15 is 0 Å². The maximum atomic E-state index is 12.9. The summed E-state index contributed by atoms with van der Waals surface area (Å²) in [6, 6.07) is 5.42. The predicted octanol–water partition coefficient (Wildman–Crippen LogP) is 3.39. The molecule has 0 fully saturated rings. The first-order valence-corrected chi connectivity index (χ1v) is 9.80. The summed E-state index contributed by atoms with van der Waals surface area (Å²) in [6.07, 6.45) is 1.72. The van der Waals surface area contributed by atoms with Crippen LogP contribution in [0.15, 0.2) is 29.8 Å². The van der Waals surface area contributed by atoms with Gasteiger partial charge in [-0.3, -0.25) is 14.3 Å². The Morgan fingerprint density at radius 3 is 2.64 bits per heavy atom. The van der Waals surface area contributed by atoms with Gasteiger partial charge in [0.15, 0.2) is 5.78 Å². The van der Waals surface area contributed by atoms with Gasteiger partial charge in [0.05, 0.1) is 19.2 Å². The van der Waals surface area contributed by atoms with Crippen LogP contribution >= 0.6 is 11.3 Å². The molecule has 0 aliphatic heterocycles. The van der Waals surface area contributed by atoms with Gasteiger partial charge in [-0.15, -0.1) is 11.3 Å². The number of nitrogens with zero attached hydrogens (tertiary/aromatic N) is 4. The normalized spacial score (nSPS) is 11.6. The van der Waals surface area contributed by atoms with E-state index in [0.29, 0.717) is 23.5 Å². The third kappa shape index (κ3) is 4.06. The predicted molar refractivity (Wildman–Crippen MR) is 109 cm³/mol. The van der Waals surface area contributed by atoms with Crippen molar-refractivity contribution in [3.63, 3.8) is 0 Å². The monoisotopic (exact) mass is 400 g/mol. The Labute approximate surface area is 167 Å². The molecule has 1 aromatic carbocycles. The number of hydrogen-bond acceptors (Lipinski definition) is 6. The number of amides is 1. The van der Waals surface area contributed by atoms with Gasteiger partial charge >= 0.3 is 0 Å². The average Bonchev–Trinajstić information content (AvgIpc) is 3.28. The molecule has 28 heavy (non-hydrogen) atoms. The van der Waals surface area contributed by atoms with Gasteiger partial charge in [-0.05, 0) is 12.1 Å². The lowest BCUT2D eigenvalue weighted by Crippen LogP contribution is -2.30. The maximum Gasteiger partial charge on any atom is 0.244 e. The topological polar surface area (TPSA) is 77.3 Å². The second kappa shape index (κ2) is 7.71. The molecule has 0 saturated carbocycles. The maximum absolute atomic E-state index is 12.9. The Bertz CT molecular complexity index is 1000. The van der Waals surface area contributed by atoms with Gasteiger partial charge in [0.2, 0.25) is 5.91 Å². The van der Waals surface area contributed by atoms with Gasteiger partial charge in [-0.1, -0.05) is 20.8 Å². The summed E-state index contributed by atoms with van der Waals surface area (Å²) < 4.78 is 6.89. The highest BCUT2D eigenvalue weighted by Crippen LogP contribution is 2.29. The van der Waals surface area contributed by atoms with E-state index in [4.69, 9.17) is 4.74 Å². The minimum atomic E-state index is -0.572. The van der Waals surface area contributed by atoms with Crippen molar-refractivity contribution >= 4 is 33.9 Å². The summed E-state index contributed by atoms with van der Waals surface area (Å²) in [6.45, 7) is 6.04. The molecule has 148 valence electrons. The van der Waals surface area contributed by atoms with Crippen LogP contribution in [0.3, 0.4) is 0 Å². The molecule has 0 radical (unpaired) electrons. The number of rotatable bonds is 6. The molecule has 0 aliphatic carbocycles. The van der Waals surface area contributed by atoms with E-state index in [-0.39, 0.29) is 18.2 Å². The van der Waals surface area contributed by atoms with E-state index in [1.54, 1.807) is 42.1 Å². The number of benzene rings is 1. The van der Waals surface area contributed by atoms with Crippen molar-refractivity contribution in [1.29, 1.82) is 0 Å². The van der Waals surface area contributed by atoms with Crippen LogP contribution in [-0.2, 0) is 17.9 Å². The molecule has 0 atom stereocenters. The van der Waals surface area contributed by atoms with Crippen LogP contribution in [0.5, 0.6) is 5.75 Å². The Morgan fingerprint density at radius 1 is 1.29 bits per heavy atom. The molecule has 0 spiro atoms. The number of aromatic nitrogens is 3. The van der Waals surface area contributed by atoms with Gasteiger partial charge in [-0.2, -0.15) is 5.10 Å². The highest BCUT2D eigenvalue weighted by Gasteiger charge is 2.28. The number of carbonyl (C=O) groups is 2. The lowest BCUT2D eigenvalue weighted by molar-refractivity contribution is -0.131. The summed E-state index contributed by atoms with van der Waals surface area (Å²) in [5, 5.41) is 7.97. The molecular formula is C20H24N4O3S. The Balaban J connectivity index is 1.95. The summed E-state index contributed by atoms with van der Waals surface area (Å²) in [7, 11) is 3.31. The molecule has 0 aliphatic rings. The number of Topliss-reactive ketones (excluding diaryl/α,β-unsaturated/α-hetero) is 1. The number of likely N-dealkylation sites (N-methyl/N-ethyl adjacent to an activating group) is 1. The first-order valence-electron chi connectivity index (χ1n) is 8.92. The van der Waals surface area contributed by atoms with Crippen LogP contribution in [0.2, 0.25) is 0 Å². The van der Waals surface area contributed by atoms with Crippen LogP contribution in [0.4, 0.5) is 0 Å². The summed E-state index contributed by atoms with van der Waals surface area (Å²) in [5.74, 6) is 0.467. The highest BCUT2D eigenvalue weighted by atomic mass is 32.1. The van der Waals surface area contributed by atoms with E-state index < -0.39 is 5.41 Å². The third-order valence-corrected chi connectivity index (χ3v) is 5.19. The number of thiazole rings is 1. The van der Waals surface area contributed by atoms with Gasteiger partial charge < -0.3 is 9.64 Å². The van der Waals surface area contributed by atoms with Gasteiger partial charge in [0, 0.05) is 35.5 Å². The van der Waals surface area contributed by atoms with Crippen molar-refractivity contribution in [1.82, 2.24) is 19.7 Å². The number of methoxy groups -OCH3 is 1. The lowest BCUT2D eigenvalue weighted by atomic mass is 9.88. The molecule has 0 unspecified atom stereocenters. The lowest BCUT2D eigenvalue weighted by Gasteiger charge is -2.16. The van der Waals surface area contributed by atoms with E-state index in [1.807, 2.05) is 32.2 Å². The quantitative estimate of drug-likeness (QED) is 0.593. The van der Waals surface area contributed by atoms with Crippen molar-refractivity contribution in [3.8, 4) is 5.75 Å². The SMILES string of the molecule is COc1ccc2c(C(=O)C(C)(C)C)nn(CC(=O)N(C)Cc3nccs3)c2c1. The fourth-order valence-corrected chi connectivity index (χ4v) is 3.46. The fraction of sp³-hybridized carbons (Fsp3) is 0.400. The average molecular weight is 401 g/mol. The van der Waals surface area contributed by atoms with Crippen molar-refractivity contribution in [2.75, 3.05) is 14.2 Å². The van der Waals surface area contributed by atoms with Crippen LogP contribution in [0, 0.1) is 5.41 Å². The molecule has 2 heterocycles. The first-order chi connectivity index (χ1) is 13.2. The zero-order valence-electron chi connectivity index (χ0n) is 16.7. The molecule has 8 heteroatoms. The fourth-order valence-electron chi connectivity index (χ4n) is 2.80. The molecule has 3 aromatic rings. The summed E-state index contributed by atoms with van der Waals surface area (Å²) in [4.78, 5) is 31.4. The molecule has 7 nitrogen and oxygen atoms in total. The largest absolute Gasteiger partial charge is 0.497 e. The van der Waals surface area contributed by atoms with E-state index in [0.717, 1.165) is 10.4 Å². The molecule has 0 bridgehead atoms. The zero-order chi connectivity index (χ0) is 20.5. The minimum absolute atomic E-state index is 0.0307. The highest BCUT2D eigenvalue weighted by molar-refractivity contribution is 7.09. The molecule has 0 N–H and O–H groups in total. The Hall–Kier alpha value is -2.74. The van der Waals surface area contributed by atoms with Crippen molar-refractivity contribution in [2.24, 2.45) is 5.41 Å². The molecule has 0 saturated heterocycles. The van der Waals surface area contributed by atoms with Gasteiger partial charge in [0.1, 0.15) is 23.0 Å². The number of hydrogen-bond donors (Lipinski definition) is 0. The second-order valence-electron chi connectivity index (χ2n) is 7.64. The van der Waals surface area contributed by atoms with Crippen LogP contribution < -0.4 is 4.74 Å². The van der Waals surface area contributed by atoms with Gasteiger partial charge in [0.25, 0.3) is 0 Å². The third-order valence-electron chi connectivity index (χ3n) is 4.42. The van der Waals surface area contributed by atoms with Crippen molar-refractivity contribution in [3.05, 3.63) is 40.5 Å². The van der Waals surface area contributed by atoms with E-state index in [2.05, 4.69) is 10.1 Å². The minimum Gasteiger partial charge on any atom is -0.497 e. The number of ketones is 1. The summed E-state index contributed by atoms with van der Waals surface area (Å²) >= 11 is 1.50. The first kappa shape index (κ1) is 20.0. The van der Waals surface area contributed by atoms with E-state index in [1.165, 1.54) is 11.3 Å². The van der Waals surface area contributed by atoms with Crippen molar-refractivity contribution < 1.29 is 14.3 Å². The Morgan fingerprint density at radius 2 is 2.04 bits per heavy atom. The van der Waals surface area contributed by atoms with Crippen LogP contribution in [0.25, 0.3) is 10.9 Å². The molecule has 3 rings (SSSR count). The molecule has 1 amide bonds. The van der Waals surface area contributed by atoms with Crippen molar-refractivity contribution in [2.45, 2.75) is 33.9 Å². The second-order valence-corrected chi connectivity index (χ2v) is 8.62. The smallest absolute Gasteiger partial charge is 0.244 e. The van der Waals surface area contributed by atoms with Gasteiger partial charge in [-0.25, -0.2) is 4.98 Å². The number of ether oxygens (including phenoxy) is 1. The summed E-state index contributed by atoms with van der Waals surface area (Å²) in [5.41, 5.74) is 0.501. The zero-order valence-corrected chi connectivity index (χ0v) is 17.5. The van der Waals surface area contributed by atoms with E-state index in [9.17, 15) is 9.59 Å². The number of fused-ring (bicyclic) bond motifs is 1. The number of carbonyl (C=O) groups excluding carboxylic acids is 2. The van der Waals surface area contributed by atoms with Crippen LogP contribution in [-0.4, -0.2) is 45.5 Å². The molecule has 2 aromatic heterocycles. The molecular weight excluding hydrogens is 376 g/mol. The van der Waals surface area contributed by atoms with Crippen LogP contribution in [0.1, 0.15) is 36.3 Å². The Kier molecular flexibility index (Phi) is 5.51. The standard InChI is InChI=1S/C20H24N4O3S/c1-20(2,3)19(26)18-14-7-6-13(27-5)10-15(14)24(22-18)12-17(25)23(4)11-16-21-8-9-28-16/h6-10H,11-12H2,1-5H3.